The van der Waals surface area contributed by atoms with E-state index in [-0.39, 0.29) is 5.78 Å². The van der Waals surface area contributed by atoms with E-state index in [1.54, 1.807) is 60.7 Å². The van der Waals surface area contributed by atoms with Gasteiger partial charge in [-0.1, -0.05) is 46.9 Å². The van der Waals surface area contributed by atoms with Gasteiger partial charge in [0, 0.05) is 26.2 Å². The van der Waals surface area contributed by atoms with Gasteiger partial charge in [0.2, 0.25) is 5.78 Å². The van der Waals surface area contributed by atoms with Crippen LogP contribution in [0.5, 0.6) is 0 Å². The summed E-state index contributed by atoms with van der Waals surface area (Å²) in [4.78, 5) is 25.5. The van der Waals surface area contributed by atoms with E-state index in [4.69, 9.17) is 39.5 Å². The number of carbonyl (C=O) groups excluding carboxylic acids is 2. The van der Waals surface area contributed by atoms with Crippen molar-refractivity contribution in [2.24, 2.45) is 0 Å². The van der Waals surface area contributed by atoms with Crippen LogP contribution in [0.15, 0.2) is 72.8 Å². The van der Waals surface area contributed by atoms with E-state index < -0.39 is 12.1 Å². The quantitative estimate of drug-likeness (QED) is 0.353. The first-order valence-corrected chi connectivity index (χ1v) is 9.09. The summed E-state index contributed by atoms with van der Waals surface area (Å²) in [6, 6.07) is 19.2. The number of halogens is 3. The highest BCUT2D eigenvalue weighted by atomic mass is 35.5. The fourth-order valence-electron chi connectivity index (χ4n) is 2.44. The summed E-state index contributed by atoms with van der Waals surface area (Å²) in [5.41, 5.74) is 1.19. The molecule has 0 saturated heterocycles. The van der Waals surface area contributed by atoms with Gasteiger partial charge in [-0.25, -0.2) is 4.79 Å². The molecule has 0 aliphatic carbocycles. The highest BCUT2D eigenvalue weighted by Crippen LogP contribution is 2.26. The van der Waals surface area contributed by atoms with E-state index in [0.29, 0.717) is 31.8 Å². The van der Waals surface area contributed by atoms with Crippen LogP contribution < -0.4 is 0 Å². The molecule has 0 spiro atoms. The predicted molar refractivity (Wildman–Crippen MR) is 107 cm³/mol. The second kappa shape index (κ2) is 8.57. The number of hydrogen-bond donors (Lipinski definition) is 0. The molecule has 0 amide bonds. The molecule has 3 nitrogen and oxygen atoms in total. The van der Waals surface area contributed by atoms with Gasteiger partial charge in [-0.05, 0) is 60.7 Å². The largest absolute Gasteiger partial charge is 0.445 e. The molecular formula is C21H13Cl3O3. The summed E-state index contributed by atoms with van der Waals surface area (Å²) in [6.45, 7) is 0. The third-order valence-corrected chi connectivity index (χ3v) is 4.60. The van der Waals surface area contributed by atoms with Crippen molar-refractivity contribution in [3.05, 3.63) is 105 Å². The molecule has 1 atom stereocenters. The van der Waals surface area contributed by atoms with Crippen LogP contribution in [0.2, 0.25) is 15.1 Å². The highest BCUT2D eigenvalue weighted by Gasteiger charge is 2.27. The molecule has 27 heavy (non-hydrogen) atoms. The number of ketones is 1. The van der Waals surface area contributed by atoms with Crippen LogP contribution in [0.25, 0.3) is 0 Å². The van der Waals surface area contributed by atoms with Crippen LogP contribution in [-0.2, 0) is 4.74 Å². The fraction of sp³-hybridized carbons (Fsp3) is 0.0476. The third kappa shape index (κ3) is 4.89. The van der Waals surface area contributed by atoms with Gasteiger partial charge in [0.15, 0.2) is 6.10 Å². The predicted octanol–water partition coefficient (Wildman–Crippen LogP) is 6.43. The molecule has 0 radical (unpaired) electrons. The van der Waals surface area contributed by atoms with Gasteiger partial charge in [-0.3, -0.25) is 4.79 Å². The maximum Gasteiger partial charge on any atom is 0.339 e. The average molecular weight is 420 g/mol. The van der Waals surface area contributed by atoms with Gasteiger partial charge in [0.25, 0.3) is 0 Å². The Labute approximate surface area is 171 Å². The first-order chi connectivity index (χ1) is 12.9. The van der Waals surface area contributed by atoms with Crippen molar-refractivity contribution < 1.29 is 14.3 Å². The number of ether oxygens (including phenoxy) is 1. The Bertz CT molecular complexity index is 949. The summed E-state index contributed by atoms with van der Waals surface area (Å²) < 4.78 is 5.54. The Balaban J connectivity index is 1.93. The summed E-state index contributed by atoms with van der Waals surface area (Å²) in [5, 5.41) is 1.52. The minimum atomic E-state index is -1.12. The lowest BCUT2D eigenvalue weighted by Gasteiger charge is -2.18. The van der Waals surface area contributed by atoms with E-state index in [1.165, 1.54) is 12.1 Å². The Morgan fingerprint density at radius 2 is 1.04 bits per heavy atom. The number of carbonyl (C=O) groups is 2. The number of Topliss-reactive ketones (excluding diaryl/α,β-unsaturated/α-hetero) is 1. The normalized spacial score (nSPS) is 11.7. The Morgan fingerprint density at radius 1 is 0.630 bits per heavy atom. The maximum atomic E-state index is 13.0. The fourth-order valence-corrected chi connectivity index (χ4v) is 2.82. The van der Waals surface area contributed by atoms with Crippen molar-refractivity contribution in [1.82, 2.24) is 0 Å². The number of esters is 1. The molecule has 1 unspecified atom stereocenters. The van der Waals surface area contributed by atoms with Crippen molar-refractivity contribution in [3.8, 4) is 0 Å². The Morgan fingerprint density at radius 3 is 1.52 bits per heavy atom. The Kier molecular flexibility index (Phi) is 6.17. The number of benzene rings is 3. The molecule has 3 aromatic rings. The van der Waals surface area contributed by atoms with Crippen LogP contribution in [0.4, 0.5) is 0 Å². The molecular weight excluding hydrogens is 407 g/mol. The minimum Gasteiger partial charge on any atom is -0.445 e. The maximum absolute atomic E-state index is 13.0. The van der Waals surface area contributed by atoms with Crippen molar-refractivity contribution in [1.29, 1.82) is 0 Å². The monoisotopic (exact) mass is 418 g/mol. The molecule has 6 heteroatoms. The molecule has 0 saturated carbocycles. The first kappa shape index (κ1) is 19.4. The molecule has 0 aromatic heterocycles. The molecule has 0 aliphatic rings. The van der Waals surface area contributed by atoms with Crippen LogP contribution in [0, 0.1) is 0 Å². The third-order valence-electron chi connectivity index (χ3n) is 3.84. The molecule has 0 fully saturated rings. The average Bonchev–Trinajstić information content (AvgIpc) is 2.67. The molecule has 0 bridgehead atoms. The summed E-state index contributed by atoms with van der Waals surface area (Å²) >= 11 is 17.7. The smallest absolute Gasteiger partial charge is 0.339 e. The Hall–Kier alpha value is -2.33. The van der Waals surface area contributed by atoms with Crippen LogP contribution >= 0.6 is 34.8 Å². The summed E-state index contributed by atoms with van der Waals surface area (Å²) in [5.74, 6) is -0.995. The number of hydrogen-bond acceptors (Lipinski definition) is 3. The second-order valence-electron chi connectivity index (χ2n) is 5.71. The zero-order valence-corrected chi connectivity index (χ0v) is 16.1. The zero-order valence-electron chi connectivity index (χ0n) is 13.9. The van der Waals surface area contributed by atoms with Crippen molar-refractivity contribution in [2.75, 3.05) is 0 Å². The van der Waals surface area contributed by atoms with Crippen LogP contribution in [0.3, 0.4) is 0 Å². The molecule has 0 N–H and O–H groups in total. The van der Waals surface area contributed by atoms with Gasteiger partial charge in [0.1, 0.15) is 0 Å². The minimum absolute atomic E-state index is 0.294. The van der Waals surface area contributed by atoms with E-state index in [2.05, 4.69) is 0 Å². The molecule has 0 aliphatic heterocycles. The van der Waals surface area contributed by atoms with Crippen molar-refractivity contribution in [2.45, 2.75) is 6.10 Å². The summed E-state index contributed by atoms with van der Waals surface area (Å²) in [6.07, 6.45) is -1.12. The van der Waals surface area contributed by atoms with Crippen LogP contribution in [-0.4, -0.2) is 11.8 Å². The van der Waals surface area contributed by atoms with Gasteiger partial charge < -0.3 is 4.74 Å². The topological polar surface area (TPSA) is 43.4 Å². The van der Waals surface area contributed by atoms with E-state index in [1.807, 2.05) is 0 Å². The standard InChI is InChI=1S/C21H13Cl3O3/c22-16-7-1-13(2-8-16)19(25)20(14-3-9-17(23)10-4-14)27-21(26)15-5-11-18(24)12-6-15/h1-12,20H. The van der Waals surface area contributed by atoms with E-state index >= 15 is 0 Å². The first-order valence-electron chi connectivity index (χ1n) is 7.96. The van der Waals surface area contributed by atoms with Gasteiger partial charge in [-0.2, -0.15) is 0 Å². The lowest BCUT2D eigenvalue weighted by Crippen LogP contribution is -2.20. The molecule has 3 aromatic carbocycles. The van der Waals surface area contributed by atoms with E-state index in [9.17, 15) is 9.59 Å². The van der Waals surface area contributed by atoms with Crippen LogP contribution in [0.1, 0.15) is 32.4 Å². The lowest BCUT2D eigenvalue weighted by atomic mass is 9.99. The van der Waals surface area contributed by atoms with Crippen molar-refractivity contribution >= 4 is 46.6 Å². The van der Waals surface area contributed by atoms with E-state index in [0.717, 1.165) is 0 Å². The van der Waals surface area contributed by atoms with Crippen molar-refractivity contribution in [3.63, 3.8) is 0 Å². The molecule has 0 heterocycles. The SMILES string of the molecule is O=C(OC(C(=O)c1ccc(Cl)cc1)c1ccc(Cl)cc1)c1ccc(Cl)cc1. The van der Waals surface area contributed by atoms with Gasteiger partial charge in [-0.15, -0.1) is 0 Å². The molecule has 136 valence electrons. The second-order valence-corrected chi connectivity index (χ2v) is 7.02. The molecule has 3 rings (SSSR count). The number of rotatable bonds is 5. The zero-order chi connectivity index (χ0) is 19.4. The highest BCUT2D eigenvalue weighted by molar-refractivity contribution is 6.31. The summed E-state index contributed by atoms with van der Waals surface area (Å²) in [7, 11) is 0. The lowest BCUT2D eigenvalue weighted by molar-refractivity contribution is 0.0280. The van der Waals surface area contributed by atoms with Gasteiger partial charge in [0.05, 0.1) is 5.56 Å². The van der Waals surface area contributed by atoms with Gasteiger partial charge >= 0.3 is 5.97 Å².